The maximum atomic E-state index is 4.59. The van der Waals surface area contributed by atoms with Gasteiger partial charge in [0.25, 0.3) is 0 Å². The van der Waals surface area contributed by atoms with Crippen molar-refractivity contribution in [3.8, 4) is 0 Å². The van der Waals surface area contributed by atoms with Crippen molar-refractivity contribution in [1.29, 1.82) is 0 Å². The van der Waals surface area contributed by atoms with Gasteiger partial charge in [0.1, 0.15) is 0 Å². The van der Waals surface area contributed by atoms with Gasteiger partial charge in [-0.15, -0.1) is 0 Å². The molecule has 98 valence electrons. The summed E-state index contributed by atoms with van der Waals surface area (Å²) >= 11 is 0. The Morgan fingerprint density at radius 1 is 1.33 bits per heavy atom. The summed E-state index contributed by atoms with van der Waals surface area (Å²) < 4.78 is 0. The second kappa shape index (κ2) is 6.01. The Morgan fingerprint density at radius 3 is 2.67 bits per heavy atom. The summed E-state index contributed by atoms with van der Waals surface area (Å²) in [6.07, 6.45) is 5.13. The average molecular weight is 245 g/mol. The SMILES string of the molecule is C/C=C(\c1ncccc1CC)N1CCN(C)CC1. The number of rotatable bonds is 3. The molecular formula is C15H23N3. The van der Waals surface area contributed by atoms with Crippen molar-refractivity contribution in [2.24, 2.45) is 0 Å². The summed E-state index contributed by atoms with van der Waals surface area (Å²) in [6, 6.07) is 4.21. The Morgan fingerprint density at radius 2 is 2.06 bits per heavy atom. The first-order valence-corrected chi connectivity index (χ1v) is 6.80. The topological polar surface area (TPSA) is 19.4 Å². The van der Waals surface area contributed by atoms with Crippen LogP contribution in [0.2, 0.25) is 0 Å². The van der Waals surface area contributed by atoms with Gasteiger partial charge in [-0.25, -0.2) is 0 Å². The predicted molar refractivity (Wildman–Crippen MR) is 76.3 cm³/mol. The van der Waals surface area contributed by atoms with E-state index < -0.39 is 0 Å². The number of allylic oxidation sites excluding steroid dienone is 1. The molecule has 0 aromatic carbocycles. The van der Waals surface area contributed by atoms with E-state index in [4.69, 9.17) is 0 Å². The van der Waals surface area contributed by atoms with Gasteiger partial charge in [-0.2, -0.15) is 0 Å². The molecule has 1 aliphatic rings. The molecule has 1 aromatic heterocycles. The van der Waals surface area contributed by atoms with Crippen molar-refractivity contribution >= 4 is 5.70 Å². The van der Waals surface area contributed by atoms with Gasteiger partial charge in [-0.1, -0.05) is 19.1 Å². The summed E-state index contributed by atoms with van der Waals surface area (Å²) in [7, 11) is 2.19. The zero-order valence-corrected chi connectivity index (χ0v) is 11.7. The Kier molecular flexibility index (Phi) is 4.37. The van der Waals surface area contributed by atoms with Crippen LogP contribution in [0.3, 0.4) is 0 Å². The van der Waals surface area contributed by atoms with Crippen LogP contribution in [-0.4, -0.2) is 48.0 Å². The number of pyridine rings is 1. The molecule has 2 heterocycles. The normalized spacial score (nSPS) is 18.2. The largest absolute Gasteiger partial charge is 0.367 e. The van der Waals surface area contributed by atoms with Crippen molar-refractivity contribution in [1.82, 2.24) is 14.8 Å². The van der Waals surface area contributed by atoms with E-state index in [0.717, 1.165) is 38.3 Å². The van der Waals surface area contributed by atoms with E-state index >= 15 is 0 Å². The minimum atomic E-state index is 1.04. The van der Waals surface area contributed by atoms with E-state index in [0.29, 0.717) is 0 Å². The van der Waals surface area contributed by atoms with Gasteiger partial charge in [-0.05, 0) is 32.0 Å². The number of piperazine rings is 1. The van der Waals surface area contributed by atoms with Gasteiger partial charge >= 0.3 is 0 Å². The molecule has 1 aliphatic heterocycles. The molecule has 0 atom stereocenters. The van der Waals surface area contributed by atoms with Crippen molar-refractivity contribution in [3.05, 3.63) is 35.7 Å². The van der Waals surface area contributed by atoms with Gasteiger partial charge in [0, 0.05) is 32.4 Å². The molecule has 1 fully saturated rings. The number of aromatic nitrogens is 1. The molecule has 2 rings (SSSR count). The Bertz CT molecular complexity index is 418. The second-order valence-electron chi connectivity index (χ2n) is 4.83. The molecule has 18 heavy (non-hydrogen) atoms. The highest BCUT2D eigenvalue weighted by atomic mass is 15.3. The van der Waals surface area contributed by atoms with Gasteiger partial charge in [-0.3, -0.25) is 4.98 Å². The molecule has 1 saturated heterocycles. The molecular weight excluding hydrogens is 222 g/mol. The summed E-state index contributed by atoms with van der Waals surface area (Å²) in [5.74, 6) is 0. The van der Waals surface area contributed by atoms with E-state index in [1.165, 1.54) is 11.3 Å². The first-order chi connectivity index (χ1) is 8.76. The molecule has 1 aromatic rings. The third kappa shape index (κ3) is 2.72. The highest BCUT2D eigenvalue weighted by Crippen LogP contribution is 2.22. The summed E-state index contributed by atoms with van der Waals surface area (Å²) in [4.78, 5) is 9.43. The maximum absolute atomic E-state index is 4.59. The fourth-order valence-corrected chi connectivity index (χ4v) is 2.47. The Hall–Kier alpha value is -1.35. The lowest BCUT2D eigenvalue weighted by Gasteiger charge is -2.35. The van der Waals surface area contributed by atoms with E-state index in [1.807, 2.05) is 12.3 Å². The summed E-state index contributed by atoms with van der Waals surface area (Å²) in [5.41, 5.74) is 3.79. The number of hydrogen-bond acceptors (Lipinski definition) is 3. The monoisotopic (exact) mass is 245 g/mol. The van der Waals surface area contributed by atoms with Crippen LogP contribution in [0.1, 0.15) is 25.1 Å². The minimum absolute atomic E-state index is 1.04. The standard InChI is InChI=1S/C15H23N3/c1-4-13-7-6-8-16-15(13)14(5-2)18-11-9-17(3)10-12-18/h5-8H,4,9-12H2,1-3H3/b14-5+. The third-order valence-electron chi connectivity index (χ3n) is 3.63. The van der Waals surface area contributed by atoms with E-state index in [1.54, 1.807) is 0 Å². The molecule has 3 heteroatoms. The predicted octanol–water partition coefficient (Wildman–Crippen LogP) is 2.25. The molecule has 0 radical (unpaired) electrons. The Balaban J connectivity index is 2.23. The Labute approximate surface area is 110 Å². The second-order valence-corrected chi connectivity index (χ2v) is 4.83. The van der Waals surface area contributed by atoms with Crippen molar-refractivity contribution < 1.29 is 0 Å². The van der Waals surface area contributed by atoms with Crippen LogP contribution in [0.25, 0.3) is 5.70 Å². The maximum Gasteiger partial charge on any atom is 0.0891 e. The van der Waals surface area contributed by atoms with Crippen molar-refractivity contribution in [2.75, 3.05) is 33.2 Å². The fourth-order valence-electron chi connectivity index (χ4n) is 2.47. The summed E-state index contributed by atoms with van der Waals surface area (Å²) in [6.45, 7) is 8.75. The lowest BCUT2D eigenvalue weighted by Crippen LogP contribution is -2.43. The van der Waals surface area contributed by atoms with E-state index in [-0.39, 0.29) is 0 Å². The minimum Gasteiger partial charge on any atom is -0.367 e. The van der Waals surface area contributed by atoms with Crippen LogP contribution in [0.4, 0.5) is 0 Å². The van der Waals surface area contributed by atoms with Gasteiger partial charge < -0.3 is 9.80 Å². The lowest BCUT2D eigenvalue weighted by atomic mass is 10.1. The smallest absolute Gasteiger partial charge is 0.0891 e. The van der Waals surface area contributed by atoms with Crippen LogP contribution in [0.5, 0.6) is 0 Å². The third-order valence-corrected chi connectivity index (χ3v) is 3.63. The quantitative estimate of drug-likeness (QED) is 0.814. The number of aryl methyl sites for hydroxylation is 1. The van der Waals surface area contributed by atoms with Crippen molar-refractivity contribution in [3.63, 3.8) is 0 Å². The highest BCUT2D eigenvalue weighted by Gasteiger charge is 2.19. The van der Waals surface area contributed by atoms with Crippen LogP contribution >= 0.6 is 0 Å². The number of nitrogens with zero attached hydrogens (tertiary/aromatic N) is 3. The first kappa shape index (κ1) is 13.1. The molecule has 0 bridgehead atoms. The first-order valence-electron chi connectivity index (χ1n) is 6.80. The lowest BCUT2D eigenvalue weighted by molar-refractivity contribution is 0.206. The number of hydrogen-bond donors (Lipinski definition) is 0. The molecule has 0 unspecified atom stereocenters. The molecule has 3 nitrogen and oxygen atoms in total. The molecule has 0 N–H and O–H groups in total. The average Bonchev–Trinajstić information content (AvgIpc) is 2.42. The van der Waals surface area contributed by atoms with Crippen molar-refractivity contribution in [2.45, 2.75) is 20.3 Å². The van der Waals surface area contributed by atoms with Gasteiger partial charge in [0.15, 0.2) is 0 Å². The van der Waals surface area contributed by atoms with E-state index in [9.17, 15) is 0 Å². The molecule has 0 aliphatic carbocycles. The summed E-state index contributed by atoms with van der Waals surface area (Å²) in [5, 5.41) is 0. The van der Waals surface area contributed by atoms with Crippen LogP contribution < -0.4 is 0 Å². The van der Waals surface area contributed by atoms with Crippen LogP contribution in [-0.2, 0) is 6.42 Å². The molecule has 0 saturated carbocycles. The zero-order valence-electron chi connectivity index (χ0n) is 11.7. The molecule has 0 spiro atoms. The molecule has 0 amide bonds. The zero-order chi connectivity index (χ0) is 13.0. The highest BCUT2D eigenvalue weighted by molar-refractivity contribution is 5.63. The van der Waals surface area contributed by atoms with Gasteiger partial charge in [0.2, 0.25) is 0 Å². The number of likely N-dealkylation sites (N-methyl/N-ethyl adjacent to an activating group) is 1. The van der Waals surface area contributed by atoms with Crippen LogP contribution in [0, 0.1) is 0 Å². The fraction of sp³-hybridized carbons (Fsp3) is 0.533. The van der Waals surface area contributed by atoms with Gasteiger partial charge in [0.05, 0.1) is 11.4 Å². The van der Waals surface area contributed by atoms with E-state index in [2.05, 4.69) is 47.8 Å². The van der Waals surface area contributed by atoms with Crippen LogP contribution in [0.15, 0.2) is 24.4 Å².